The monoisotopic (exact) mass is 378 g/mol. The summed E-state index contributed by atoms with van der Waals surface area (Å²) in [6.07, 6.45) is 0.909. The van der Waals surface area contributed by atoms with Gasteiger partial charge in [-0.1, -0.05) is 29.8 Å². The van der Waals surface area contributed by atoms with Crippen LogP contribution in [-0.2, 0) is 4.79 Å². The average Bonchev–Trinajstić information content (AvgIpc) is 2.96. The number of aryl methyl sites for hydroxylation is 2. The van der Waals surface area contributed by atoms with Crippen LogP contribution in [0.2, 0.25) is 0 Å². The first kappa shape index (κ1) is 18.3. The molecular formula is C22H26N4O2. The van der Waals surface area contributed by atoms with Crippen LogP contribution in [0.15, 0.2) is 42.5 Å². The summed E-state index contributed by atoms with van der Waals surface area (Å²) < 4.78 is 5.78. The SMILES string of the molecule is Cc1ccc(OCC(=O)N2CCCN(c3nc4ccccc4[nH]3)CC2)c(C)c1. The van der Waals surface area contributed by atoms with E-state index < -0.39 is 0 Å². The lowest BCUT2D eigenvalue weighted by Crippen LogP contribution is -2.38. The minimum absolute atomic E-state index is 0.0337. The van der Waals surface area contributed by atoms with Gasteiger partial charge in [0.05, 0.1) is 11.0 Å². The van der Waals surface area contributed by atoms with E-state index in [0.717, 1.165) is 54.3 Å². The Kier molecular flexibility index (Phi) is 5.19. The Morgan fingerprint density at radius 1 is 1.11 bits per heavy atom. The highest BCUT2D eigenvalue weighted by atomic mass is 16.5. The molecular weight excluding hydrogens is 352 g/mol. The van der Waals surface area contributed by atoms with Crippen LogP contribution in [0.4, 0.5) is 5.95 Å². The van der Waals surface area contributed by atoms with Gasteiger partial charge in [0.15, 0.2) is 6.61 Å². The molecule has 3 aromatic rings. The molecule has 1 aliphatic heterocycles. The molecule has 0 radical (unpaired) electrons. The van der Waals surface area contributed by atoms with E-state index in [-0.39, 0.29) is 12.5 Å². The van der Waals surface area contributed by atoms with Gasteiger partial charge in [-0.2, -0.15) is 0 Å². The highest BCUT2D eigenvalue weighted by Gasteiger charge is 2.21. The summed E-state index contributed by atoms with van der Waals surface area (Å²) in [5, 5.41) is 0. The van der Waals surface area contributed by atoms with Crippen LogP contribution in [-0.4, -0.2) is 53.6 Å². The Hall–Kier alpha value is -3.02. The minimum atomic E-state index is 0.0337. The maximum Gasteiger partial charge on any atom is 0.260 e. The number of H-pyrrole nitrogens is 1. The molecule has 1 N–H and O–H groups in total. The number of aromatic nitrogens is 2. The van der Waals surface area contributed by atoms with Gasteiger partial charge in [0.2, 0.25) is 5.95 Å². The summed E-state index contributed by atoms with van der Waals surface area (Å²) in [5.74, 6) is 1.69. The zero-order valence-electron chi connectivity index (χ0n) is 16.4. The zero-order valence-corrected chi connectivity index (χ0v) is 16.4. The fraction of sp³-hybridized carbons (Fsp3) is 0.364. The number of amides is 1. The third kappa shape index (κ3) is 3.96. The number of imidazole rings is 1. The molecule has 0 bridgehead atoms. The molecule has 1 saturated heterocycles. The van der Waals surface area contributed by atoms with E-state index >= 15 is 0 Å². The lowest BCUT2D eigenvalue weighted by Gasteiger charge is -2.22. The lowest BCUT2D eigenvalue weighted by molar-refractivity contribution is -0.133. The van der Waals surface area contributed by atoms with E-state index in [0.29, 0.717) is 6.54 Å². The number of rotatable bonds is 4. The summed E-state index contributed by atoms with van der Waals surface area (Å²) in [6.45, 7) is 7.18. The van der Waals surface area contributed by atoms with Crippen LogP contribution in [0.5, 0.6) is 5.75 Å². The standard InChI is InChI=1S/C22H26N4O2/c1-16-8-9-20(17(2)14-16)28-15-21(27)25-10-5-11-26(13-12-25)22-23-18-6-3-4-7-19(18)24-22/h3-4,6-9,14H,5,10-13,15H2,1-2H3,(H,23,24). The van der Waals surface area contributed by atoms with Crippen molar-refractivity contribution in [3.05, 3.63) is 53.6 Å². The topological polar surface area (TPSA) is 61.5 Å². The van der Waals surface area contributed by atoms with Crippen molar-refractivity contribution in [1.29, 1.82) is 0 Å². The van der Waals surface area contributed by atoms with E-state index in [2.05, 4.69) is 20.9 Å². The van der Waals surface area contributed by atoms with Crippen molar-refractivity contribution in [1.82, 2.24) is 14.9 Å². The number of para-hydroxylation sites is 2. The average molecular weight is 378 g/mol. The molecule has 0 saturated carbocycles. The fourth-order valence-corrected chi connectivity index (χ4v) is 3.66. The number of anilines is 1. The van der Waals surface area contributed by atoms with E-state index in [1.165, 1.54) is 5.56 Å². The van der Waals surface area contributed by atoms with Crippen LogP contribution >= 0.6 is 0 Å². The summed E-state index contributed by atoms with van der Waals surface area (Å²) in [7, 11) is 0. The highest BCUT2D eigenvalue weighted by molar-refractivity contribution is 5.78. The largest absolute Gasteiger partial charge is 0.484 e. The quantitative estimate of drug-likeness (QED) is 0.757. The predicted molar refractivity (Wildman–Crippen MR) is 111 cm³/mol. The van der Waals surface area contributed by atoms with Gasteiger partial charge in [-0.15, -0.1) is 0 Å². The highest BCUT2D eigenvalue weighted by Crippen LogP contribution is 2.20. The number of hydrogen-bond donors (Lipinski definition) is 1. The first-order valence-corrected chi connectivity index (χ1v) is 9.78. The number of fused-ring (bicyclic) bond motifs is 1. The summed E-state index contributed by atoms with van der Waals surface area (Å²) in [6, 6.07) is 14.0. The number of carbonyl (C=O) groups excluding carboxylic acids is 1. The molecule has 1 aliphatic rings. The molecule has 2 heterocycles. The number of nitrogens with one attached hydrogen (secondary N) is 1. The molecule has 1 aromatic heterocycles. The molecule has 146 valence electrons. The molecule has 0 unspecified atom stereocenters. The summed E-state index contributed by atoms with van der Waals surface area (Å²) in [5.41, 5.74) is 4.25. The predicted octanol–water partition coefficient (Wildman–Crippen LogP) is 3.30. The van der Waals surface area contributed by atoms with E-state index in [4.69, 9.17) is 4.74 Å². The Morgan fingerprint density at radius 3 is 2.79 bits per heavy atom. The molecule has 6 heteroatoms. The second kappa shape index (κ2) is 7.92. The van der Waals surface area contributed by atoms with Crippen LogP contribution in [0.1, 0.15) is 17.5 Å². The lowest BCUT2D eigenvalue weighted by atomic mass is 10.1. The molecule has 28 heavy (non-hydrogen) atoms. The third-order valence-electron chi connectivity index (χ3n) is 5.21. The maximum atomic E-state index is 12.6. The van der Waals surface area contributed by atoms with Gasteiger partial charge in [0.1, 0.15) is 5.75 Å². The normalized spacial score (nSPS) is 14.9. The van der Waals surface area contributed by atoms with Crippen LogP contribution in [0.25, 0.3) is 11.0 Å². The molecule has 4 rings (SSSR count). The van der Waals surface area contributed by atoms with Gasteiger partial charge in [-0.25, -0.2) is 4.98 Å². The summed E-state index contributed by atoms with van der Waals surface area (Å²) >= 11 is 0. The van der Waals surface area contributed by atoms with Crippen molar-refractivity contribution in [2.45, 2.75) is 20.3 Å². The van der Waals surface area contributed by atoms with Crippen molar-refractivity contribution in [3.8, 4) is 5.75 Å². The van der Waals surface area contributed by atoms with Crippen molar-refractivity contribution < 1.29 is 9.53 Å². The van der Waals surface area contributed by atoms with Crippen molar-refractivity contribution in [3.63, 3.8) is 0 Å². The van der Waals surface area contributed by atoms with Gasteiger partial charge in [-0.3, -0.25) is 4.79 Å². The first-order valence-electron chi connectivity index (χ1n) is 9.78. The van der Waals surface area contributed by atoms with E-state index in [1.807, 2.05) is 55.1 Å². The molecule has 0 atom stereocenters. The van der Waals surface area contributed by atoms with E-state index in [9.17, 15) is 4.79 Å². The van der Waals surface area contributed by atoms with Gasteiger partial charge >= 0.3 is 0 Å². The third-order valence-corrected chi connectivity index (χ3v) is 5.21. The number of nitrogens with zero attached hydrogens (tertiary/aromatic N) is 3. The first-order chi connectivity index (χ1) is 13.6. The number of ether oxygens (including phenoxy) is 1. The van der Waals surface area contributed by atoms with Gasteiger partial charge < -0.3 is 19.5 Å². The Morgan fingerprint density at radius 2 is 1.96 bits per heavy atom. The van der Waals surface area contributed by atoms with Crippen molar-refractivity contribution in [2.24, 2.45) is 0 Å². The fourth-order valence-electron chi connectivity index (χ4n) is 3.66. The number of carbonyl (C=O) groups is 1. The second-order valence-electron chi connectivity index (χ2n) is 7.36. The van der Waals surface area contributed by atoms with Crippen molar-refractivity contribution >= 4 is 22.9 Å². The van der Waals surface area contributed by atoms with Gasteiger partial charge in [-0.05, 0) is 44.0 Å². The second-order valence-corrected chi connectivity index (χ2v) is 7.36. The number of aromatic amines is 1. The van der Waals surface area contributed by atoms with Gasteiger partial charge in [0, 0.05) is 26.2 Å². The van der Waals surface area contributed by atoms with Crippen LogP contribution < -0.4 is 9.64 Å². The van der Waals surface area contributed by atoms with E-state index in [1.54, 1.807) is 0 Å². The van der Waals surface area contributed by atoms with Crippen LogP contribution in [0, 0.1) is 13.8 Å². The Bertz CT molecular complexity index is 949. The zero-order chi connectivity index (χ0) is 19.5. The number of benzene rings is 2. The van der Waals surface area contributed by atoms with Crippen molar-refractivity contribution in [2.75, 3.05) is 37.7 Å². The maximum absolute atomic E-state index is 12.6. The summed E-state index contributed by atoms with van der Waals surface area (Å²) in [4.78, 5) is 24.8. The van der Waals surface area contributed by atoms with Crippen LogP contribution in [0.3, 0.4) is 0 Å². The molecule has 1 fully saturated rings. The smallest absolute Gasteiger partial charge is 0.260 e. The molecule has 0 aliphatic carbocycles. The molecule has 1 amide bonds. The number of hydrogen-bond acceptors (Lipinski definition) is 4. The molecule has 0 spiro atoms. The Labute approximate surface area is 165 Å². The Balaban J connectivity index is 1.36. The van der Waals surface area contributed by atoms with Gasteiger partial charge in [0.25, 0.3) is 5.91 Å². The minimum Gasteiger partial charge on any atom is -0.484 e. The molecule has 6 nitrogen and oxygen atoms in total. The molecule has 2 aromatic carbocycles.